The number of hydrogen-bond acceptors (Lipinski definition) is 3. The fraction of sp³-hybridized carbons (Fsp3) is 0.647. The molecule has 3 nitrogen and oxygen atoms in total. The molecule has 6 heteroatoms. The molecule has 0 amide bonds. The van der Waals surface area contributed by atoms with Crippen LogP contribution in [-0.2, 0) is 4.74 Å². The van der Waals surface area contributed by atoms with Crippen LogP contribution in [0.15, 0.2) is 12.1 Å². The Morgan fingerprint density at radius 2 is 1.96 bits per heavy atom. The van der Waals surface area contributed by atoms with Gasteiger partial charge in [-0.2, -0.15) is 0 Å². The molecule has 2 fully saturated rings. The van der Waals surface area contributed by atoms with Gasteiger partial charge in [-0.1, -0.05) is 6.42 Å². The van der Waals surface area contributed by atoms with Crippen LogP contribution < -0.4 is 5.32 Å². The Morgan fingerprint density at radius 3 is 2.43 bits per heavy atom. The molecule has 1 spiro atoms. The van der Waals surface area contributed by atoms with Crippen molar-refractivity contribution in [3.8, 4) is 0 Å². The predicted octanol–water partition coefficient (Wildman–Crippen LogP) is 3.07. The molecular weight excluding hydrogens is 307 g/mol. The van der Waals surface area contributed by atoms with Crippen molar-refractivity contribution in [2.75, 3.05) is 13.2 Å². The average molecular weight is 329 g/mol. The van der Waals surface area contributed by atoms with Gasteiger partial charge in [0.05, 0.1) is 18.8 Å². The summed E-state index contributed by atoms with van der Waals surface area (Å²) < 4.78 is 45.7. The second-order valence-electron chi connectivity index (χ2n) is 6.52. The highest BCUT2D eigenvalue weighted by Gasteiger charge is 2.59. The van der Waals surface area contributed by atoms with Crippen LogP contribution in [0.1, 0.15) is 44.2 Å². The third-order valence-corrected chi connectivity index (χ3v) is 5.43. The van der Waals surface area contributed by atoms with Crippen molar-refractivity contribution in [3.05, 3.63) is 35.1 Å². The number of aliphatic hydroxyl groups is 1. The third kappa shape index (κ3) is 2.77. The van der Waals surface area contributed by atoms with E-state index in [1.54, 1.807) is 0 Å². The second-order valence-corrected chi connectivity index (χ2v) is 6.52. The summed E-state index contributed by atoms with van der Waals surface area (Å²) in [6.07, 6.45) is 4.28. The van der Waals surface area contributed by atoms with Crippen LogP contribution in [0.3, 0.4) is 0 Å². The average Bonchev–Trinajstić information content (AvgIpc) is 2.45. The van der Waals surface area contributed by atoms with Crippen molar-refractivity contribution in [3.63, 3.8) is 0 Å². The van der Waals surface area contributed by atoms with Crippen molar-refractivity contribution in [2.24, 2.45) is 5.41 Å². The Balaban J connectivity index is 1.73. The number of aliphatic hydroxyl groups excluding tert-OH is 1. The lowest BCUT2D eigenvalue weighted by Gasteiger charge is -2.61. The van der Waals surface area contributed by atoms with E-state index in [1.807, 2.05) is 6.92 Å². The first-order chi connectivity index (χ1) is 11.0. The minimum Gasteiger partial charge on any atom is -0.394 e. The van der Waals surface area contributed by atoms with Crippen LogP contribution in [0.25, 0.3) is 0 Å². The van der Waals surface area contributed by atoms with Crippen molar-refractivity contribution >= 4 is 0 Å². The predicted molar refractivity (Wildman–Crippen MR) is 79.4 cm³/mol. The van der Waals surface area contributed by atoms with Crippen LogP contribution in [0, 0.1) is 22.9 Å². The zero-order chi connectivity index (χ0) is 16.6. The van der Waals surface area contributed by atoms with Gasteiger partial charge in [0.25, 0.3) is 0 Å². The van der Waals surface area contributed by atoms with E-state index in [9.17, 15) is 18.3 Å². The fourth-order valence-electron chi connectivity index (χ4n) is 3.95. The van der Waals surface area contributed by atoms with Gasteiger partial charge in [-0.3, -0.25) is 0 Å². The molecule has 2 aliphatic rings. The molecule has 2 saturated carbocycles. The summed E-state index contributed by atoms with van der Waals surface area (Å²) in [5.74, 6) is -3.96. The molecular formula is C17H22F3NO2. The first kappa shape index (κ1) is 16.7. The normalized spacial score (nSPS) is 26.7. The van der Waals surface area contributed by atoms with E-state index < -0.39 is 23.5 Å². The number of ether oxygens (including phenoxy) is 1. The Kier molecular flexibility index (Phi) is 4.67. The lowest BCUT2D eigenvalue weighted by atomic mass is 9.51. The molecule has 1 aromatic rings. The van der Waals surface area contributed by atoms with Crippen molar-refractivity contribution in [2.45, 2.75) is 50.8 Å². The van der Waals surface area contributed by atoms with Crippen LogP contribution in [0.5, 0.6) is 0 Å². The van der Waals surface area contributed by atoms with Gasteiger partial charge in [0.2, 0.25) is 0 Å². The van der Waals surface area contributed by atoms with E-state index in [4.69, 9.17) is 4.74 Å². The van der Waals surface area contributed by atoms with Gasteiger partial charge >= 0.3 is 0 Å². The number of rotatable bonds is 6. The molecule has 128 valence electrons. The van der Waals surface area contributed by atoms with E-state index in [1.165, 1.54) is 0 Å². The van der Waals surface area contributed by atoms with Crippen LogP contribution in [0.4, 0.5) is 13.2 Å². The minimum absolute atomic E-state index is 0.0700. The number of hydrogen-bond donors (Lipinski definition) is 2. The highest BCUT2D eigenvalue weighted by molar-refractivity contribution is 5.24. The van der Waals surface area contributed by atoms with E-state index in [0.717, 1.165) is 37.8 Å². The van der Waals surface area contributed by atoms with E-state index in [0.29, 0.717) is 6.61 Å². The van der Waals surface area contributed by atoms with Crippen molar-refractivity contribution in [1.82, 2.24) is 5.32 Å². The topological polar surface area (TPSA) is 41.5 Å². The summed E-state index contributed by atoms with van der Waals surface area (Å²) in [6.45, 7) is 2.32. The zero-order valence-electron chi connectivity index (χ0n) is 13.1. The van der Waals surface area contributed by atoms with Crippen molar-refractivity contribution in [1.29, 1.82) is 0 Å². The molecule has 3 unspecified atom stereocenters. The largest absolute Gasteiger partial charge is 0.394 e. The standard InChI is InChI=1S/C17H22F3NO2/c1-2-23-15-8-14(17(15)4-3-5-17)21-13(9-22)10-6-11(18)16(20)12(19)7-10/h6-7,13-15,21-22H,2-5,8-9H2,1H3. The summed E-state index contributed by atoms with van der Waals surface area (Å²) >= 11 is 0. The van der Waals surface area contributed by atoms with Gasteiger partial charge in [0, 0.05) is 18.1 Å². The summed E-state index contributed by atoms with van der Waals surface area (Å²) in [5.41, 5.74) is 0.291. The Morgan fingerprint density at radius 1 is 1.30 bits per heavy atom. The summed E-state index contributed by atoms with van der Waals surface area (Å²) in [5, 5.41) is 12.9. The maximum atomic E-state index is 13.4. The Labute approximate surface area is 133 Å². The Hall–Kier alpha value is -1.11. The van der Waals surface area contributed by atoms with Gasteiger partial charge in [-0.25, -0.2) is 13.2 Å². The molecule has 3 atom stereocenters. The maximum absolute atomic E-state index is 13.4. The molecule has 0 radical (unpaired) electrons. The molecule has 2 N–H and O–H groups in total. The maximum Gasteiger partial charge on any atom is 0.194 e. The summed E-state index contributed by atoms with van der Waals surface area (Å²) in [6, 6.07) is 1.41. The molecule has 3 rings (SSSR count). The quantitative estimate of drug-likeness (QED) is 0.788. The summed E-state index contributed by atoms with van der Waals surface area (Å²) in [7, 11) is 0. The first-order valence-electron chi connectivity index (χ1n) is 8.14. The fourth-order valence-corrected chi connectivity index (χ4v) is 3.95. The van der Waals surface area contributed by atoms with Crippen LogP contribution in [0.2, 0.25) is 0 Å². The van der Waals surface area contributed by atoms with Gasteiger partial charge in [-0.05, 0) is 43.9 Å². The van der Waals surface area contributed by atoms with E-state index >= 15 is 0 Å². The molecule has 0 saturated heterocycles. The van der Waals surface area contributed by atoms with Gasteiger partial charge in [-0.15, -0.1) is 0 Å². The minimum atomic E-state index is -1.49. The molecule has 0 aromatic heterocycles. The number of halogens is 3. The van der Waals surface area contributed by atoms with Crippen molar-refractivity contribution < 1.29 is 23.0 Å². The molecule has 1 aromatic carbocycles. The van der Waals surface area contributed by atoms with E-state index in [2.05, 4.69) is 5.32 Å². The zero-order valence-corrected chi connectivity index (χ0v) is 13.1. The monoisotopic (exact) mass is 329 g/mol. The number of benzene rings is 1. The third-order valence-electron chi connectivity index (χ3n) is 5.43. The highest BCUT2D eigenvalue weighted by Crippen LogP contribution is 2.57. The van der Waals surface area contributed by atoms with E-state index in [-0.39, 0.29) is 29.7 Å². The van der Waals surface area contributed by atoms with Gasteiger partial charge < -0.3 is 15.2 Å². The van der Waals surface area contributed by atoms with Crippen LogP contribution in [-0.4, -0.2) is 30.5 Å². The molecule has 0 bridgehead atoms. The summed E-state index contributed by atoms with van der Waals surface area (Å²) in [4.78, 5) is 0. The Bertz CT molecular complexity index is 554. The lowest BCUT2D eigenvalue weighted by Crippen LogP contribution is -2.67. The second kappa shape index (κ2) is 6.42. The molecule has 23 heavy (non-hydrogen) atoms. The first-order valence-corrected chi connectivity index (χ1v) is 8.14. The smallest absolute Gasteiger partial charge is 0.194 e. The SMILES string of the molecule is CCOC1CC(NC(CO)c2cc(F)c(F)c(F)c2)C12CCC2. The molecule has 0 aliphatic heterocycles. The molecule has 2 aliphatic carbocycles. The van der Waals surface area contributed by atoms with Gasteiger partial charge in [0.15, 0.2) is 17.5 Å². The number of nitrogens with one attached hydrogen (secondary N) is 1. The van der Waals surface area contributed by atoms with Crippen LogP contribution >= 0.6 is 0 Å². The lowest BCUT2D eigenvalue weighted by molar-refractivity contribution is -0.175. The molecule has 0 heterocycles. The highest BCUT2D eigenvalue weighted by atomic mass is 19.2. The van der Waals surface area contributed by atoms with Gasteiger partial charge in [0.1, 0.15) is 0 Å².